The summed E-state index contributed by atoms with van der Waals surface area (Å²) in [6.45, 7) is 0. The molecule has 0 aliphatic carbocycles. The number of sulfone groups is 3. The monoisotopic (exact) mass is 753 g/mol. The average molecular weight is 753 g/mol. The standard InChI is InChI=1S/C13H6F21O6S3/c14-5(15,1-7(18,19)20)2-41(35,36)4(42(37,38)3-6(16,17)8(21,22)11(27,28)29)43(39,40)13(33,34)10(25,26)9(23,24)12(30,31)32/h1-3H2/q-1. The van der Waals surface area contributed by atoms with Gasteiger partial charge in [-0.25, -0.2) is 8.78 Å². The molecule has 0 saturated carbocycles. The Balaban J connectivity index is 7.82. The van der Waals surface area contributed by atoms with Crippen LogP contribution in [0.3, 0.4) is 0 Å². The second-order valence-corrected chi connectivity index (χ2v) is 14.4. The average Bonchev–Trinajstić information content (AvgIpc) is 2.60. The molecule has 0 N–H and O–H groups in total. The van der Waals surface area contributed by atoms with Crippen LogP contribution in [0.5, 0.6) is 0 Å². The maximum absolute atomic E-state index is 14.1. The van der Waals surface area contributed by atoms with E-state index < -0.39 is 105 Å². The predicted molar refractivity (Wildman–Crippen MR) is 92.2 cm³/mol. The summed E-state index contributed by atoms with van der Waals surface area (Å²) in [5.41, 5.74) is 0. The lowest BCUT2D eigenvalue weighted by atomic mass is 10.1. The van der Waals surface area contributed by atoms with Gasteiger partial charge in [-0.3, -0.25) is 25.3 Å². The maximum atomic E-state index is 14.1. The summed E-state index contributed by atoms with van der Waals surface area (Å²) >= 11 is 0. The van der Waals surface area contributed by atoms with E-state index in [0.29, 0.717) is 0 Å². The Labute approximate surface area is 222 Å². The molecule has 43 heavy (non-hydrogen) atoms. The first-order chi connectivity index (χ1) is 18.0. The third-order valence-corrected chi connectivity index (χ3v) is 12.5. The van der Waals surface area contributed by atoms with Gasteiger partial charge in [-0.2, -0.15) is 83.4 Å². The third kappa shape index (κ3) is 7.61. The zero-order chi connectivity index (χ0) is 35.7. The fourth-order valence-corrected chi connectivity index (χ4v) is 10.2. The Kier molecular flexibility index (Phi) is 10.3. The Morgan fingerprint density at radius 1 is 0.442 bits per heavy atom. The second kappa shape index (κ2) is 10.7. The molecule has 30 heteroatoms. The van der Waals surface area contributed by atoms with Gasteiger partial charge in [-0.05, 0) is 0 Å². The molecule has 0 saturated heterocycles. The Bertz CT molecular complexity index is 1350. The first kappa shape index (κ1) is 41.4. The minimum Gasteiger partial charge on any atom is -0.260 e. The van der Waals surface area contributed by atoms with Gasteiger partial charge in [0.05, 0.1) is 31.2 Å². The van der Waals surface area contributed by atoms with Crippen LogP contribution in [0.25, 0.3) is 0 Å². The molecule has 0 aromatic rings. The summed E-state index contributed by atoms with van der Waals surface area (Å²) in [5.74, 6) is -48.0. The molecule has 6 nitrogen and oxygen atoms in total. The normalized spacial score (nSPS) is 16.6. The van der Waals surface area contributed by atoms with Gasteiger partial charge < -0.3 is 0 Å². The van der Waals surface area contributed by atoms with Crippen LogP contribution in [0.1, 0.15) is 6.42 Å². The van der Waals surface area contributed by atoms with Crippen molar-refractivity contribution in [2.75, 3.05) is 11.5 Å². The number of hydrogen-bond donors (Lipinski definition) is 0. The fourth-order valence-electron chi connectivity index (χ4n) is 2.44. The van der Waals surface area contributed by atoms with Crippen LogP contribution >= 0.6 is 0 Å². The molecule has 0 unspecified atom stereocenters. The van der Waals surface area contributed by atoms with E-state index in [-0.39, 0.29) is 0 Å². The van der Waals surface area contributed by atoms with Crippen LogP contribution in [0.4, 0.5) is 92.2 Å². The largest absolute Gasteiger partial charge is 0.460 e. The minimum atomic E-state index is -9.48. The Hall–Kier alpha value is -1.62. The number of hydrogen-bond acceptors (Lipinski definition) is 6. The highest BCUT2D eigenvalue weighted by Gasteiger charge is 2.85. The zero-order valence-electron chi connectivity index (χ0n) is 18.7. The van der Waals surface area contributed by atoms with Gasteiger partial charge in [-0.1, -0.05) is 0 Å². The van der Waals surface area contributed by atoms with Crippen molar-refractivity contribution in [3.05, 3.63) is 3.91 Å². The van der Waals surface area contributed by atoms with Crippen molar-refractivity contribution in [3.63, 3.8) is 0 Å². The predicted octanol–water partition coefficient (Wildman–Crippen LogP) is 5.52. The molecule has 0 aliphatic heterocycles. The van der Waals surface area contributed by atoms with Crippen molar-refractivity contribution in [2.24, 2.45) is 0 Å². The molecule has 0 heterocycles. The van der Waals surface area contributed by atoms with Gasteiger partial charge in [0.2, 0.25) is 0 Å². The van der Waals surface area contributed by atoms with Crippen molar-refractivity contribution >= 4 is 29.5 Å². The topological polar surface area (TPSA) is 102 Å². The number of alkyl halides is 21. The van der Waals surface area contributed by atoms with E-state index in [2.05, 4.69) is 0 Å². The quantitative estimate of drug-likeness (QED) is 0.192. The van der Waals surface area contributed by atoms with Gasteiger partial charge in [0, 0.05) is 3.91 Å². The molecular weight excluding hydrogens is 747 g/mol. The van der Waals surface area contributed by atoms with E-state index in [1.807, 2.05) is 0 Å². The van der Waals surface area contributed by atoms with Crippen LogP contribution in [-0.2, 0) is 29.5 Å². The fraction of sp³-hybridized carbons (Fsp3) is 0.923. The van der Waals surface area contributed by atoms with Crippen LogP contribution in [-0.4, -0.2) is 90.2 Å². The van der Waals surface area contributed by atoms with E-state index in [4.69, 9.17) is 0 Å². The van der Waals surface area contributed by atoms with Gasteiger partial charge in [0.15, 0.2) is 0 Å². The molecule has 0 aromatic heterocycles. The van der Waals surface area contributed by atoms with E-state index >= 15 is 0 Å². The second-order valence-electron chi connectivity index (χ2n) is 7.86. The van der Waals surface area contributed by atoms with Gasteiger partial charge in [0.1, 0.15) is 16.3 Å². The summed E-state index contributed by atoms with van der Waals surface area (Å²) < 4.78 is 339. The van der Waals surface area contributed by atoms with Gasteiger partial charge in [-0.15, -0.1) is 0 Å². The molecular formula is C13H6F21O6S3-. The molecule has 0 atom stereocenters. The first-order valence-electron chi connectivity index (χ1n) is 9.03. The Morgan fingerprint density at radius 3 is 1.07 bits per heavy atom. The summed E-state index contributed by atoms with van der Waals surface area (Å²) in [6, 6.07) is 0. The van der Waals surface area contributed by atoms with E-state index in [1.54, 1.807) is 0 Å². The lowest BCUT2D eigenvalue weighted by Crippen LogP contribution is -2.65. The highest BCUT2D eigenvalue weighted by Crippen LogP contribution is 2.57. The summed E-state index contributed by atoms with van der Waals surface area (Å²) in [6.07, 6.45) is -25.9. The van der Waals surface area contributed by atoms with E-state index in [1.165, 1.54) is 0 Å². The third-order valence-electron chi connectivity index (χ3n) is 4.23. The van der Waals surface area contributed by atoms with Gasteiger partial charge >= 0.3 is 47.5 Å². The van der Waals surface area contributed by atoms with Crippen molar-refractivity contribution < 1.29 is 117 Å². The van der Waals surface area contributed by atoms with Crippen molar-refractivity contribution in [1.82, 2.24) is 0 Å². The highest BCUT2D eigenvalue weighted by atomic mass is 32.3. The van der Waals surface area contributed by atoms with Gasteiger partial charge in [0.25, 0.3) is 5.92 Å². The van der Waals surface area contributed by atoms with Crippen molar-refractivity contribution in [3.8, 4) is 0 Å². The maximum Gasteiger partial charge on any atom is 0.460 e. The van der Waals surface area contributed by atoms with Crippen molar-refractivity contribution in [2.45, 2.75) is 59.8 Å². The number of halogens is 21. The molecule has 0 spiro atoms. The molecule has 0 aliphatic rings. The smallest absolute Gasteiger partial charge is 0.260 e. The Morgan fingerprint density at radius 2 is 0.767 bits per heavy atom. The highest BCUT2D eigenvalue weighted by molar-refractivity contribution is 8.29. The van der Waals surface area contributed by atoms with Crippen LogP contribution in [0.15, 0.2) is 0 Å². The SMILES string of the molecule is O=S(=O)(CC(F)(F)CC(F)(F)F)[C-](S(=O)(=O)CC(F)(F)C(F)(F)C(F)(F)F)S(=O)(=O)C(F)(F)C(F)(F)C(F)(F)C(F)(F)F. The lowest BCUT2D eigenvalue weighted by Gasteiger charge is -2.40. The molecule has 0 bridgehead atoms. The lowest BCUT2D eigenvalue weighted by molar-refractivity contribution is -0.382. The van der Waals surface area contributed by atoms with E-state index in [0.717, 1.165) is 0 Å². The molecule has 0 rings (SSSR count). The van der Waals surface area contributed by atoms with E-state index in [9.17, 15) is 117 Å². The van der Waals surface area contributed by atoms with Crippen LogP contribution in [0, 0.1) is 3.91 Å². The first-order valence-corrected chi connectivity index (χ1v) is 13.8. The molecule has 260 valence electrons. The minimum absolute atomic E-state index is 3.90. The summed E-state index contributed by atoms with van der Waals surface area (Å²) in [5, 5.41) is -8.68. The summed E-state index contributed by atoms with van der Waals surface area (Å²) in [7, 11) is -26.3. The molecule has 0 radical (unpaired) electrons. The zero-order valence-corrected chi connectivity index (χ0v) is 21.2. The molecule has 0 amide bonds. The van der Waals surface area contributed by atoms with Crippen LogP contribution in [0.2, 0.25) is 0 Å². The molecule has 0 fully saturated rings. The number of rotatable bonds is 12. The summed E-state index contributed by atoms with van der Waals surface area (Å²) in [4.78, 5) is 0. The molecule has 0 aromatic carbocycles. The van der Waals surface area contributed by atoms with Crippen molar-refractivity contribution in [1.29, 1.82) is 0 Å². The van der Waals surface area contributed by atoms with Crippen LogP contribution < -0.4 is 0 Å².